The number of halogens is 1. The molecule has 35 heavy (non-hydrogen) atoms. The van der Waals surface area contributed by atoms with Crippen LogP contribution < -0.4 is 15.5 Å². The Labute approximate surface area is 208 Å². The van der Waals surface area contributed by atoms with Crippen molar-refractivity contribution in [3.05, 3.63) is 66.3 Å². The van der Waals surface area contributed by atoms with Crippen molar-refractivity contribution >= 4 is 51.6 Å². The zero-order valence-corrected chi connectivity index (χ0v) is 20.3. The van der Waals surface area contributed by atoms with Gasteiger partial charge in [-0.25, -0.2) is 4.98 Å². The maximum absolute atomic E-state index is 11.8. The van der Waals surface area contributed by atoms with Gasteiger partial charge in [0.05, 0.1) is 17.7 Å². The van der Waals surface area contributed by atoms with Gasteiger partial charge >= 0.3 is 0 Å². The maximum Gasteiger partial charge on any atom is 0.247 e. The highest BCUT2D eigenvalue weighted by Crippen LogP contribution is 2.33. The third-order valence-corrected chi connectivity index (χ3v) is 5.65. The standard InChI is InChI=1S/C25H26ClN7O2/c1-4-20(34)27-17-9-6-8-16(14-17)22-21-23(26)31-32-24(21)30-25(29-22)28-18-10-7-11-19(15-18)33(5-2)12-13-35-3/h4,6-11,14-15H,1,5,12-13H2,2-3H3,(H,27,34)(H2,28,29,30,31,32). The van der Waals surface area contributed by atoms with Crippen LogP contribution in [0.1, 0.15) is 6.92 Å². The summed E-state index contributed by atoms with van der Waals surface area (Å²) in [6.07, 6.45) is 1.22. The number of ether oxygens (including phenoxy) is 1. The molecular weight excluding hydrogens is 466 g/mol. The Morgan fingerprint density at radius 1 is 1.20 bits per heavy atom. The highest BCUT2D eigenvalue weighted by Gasteiger charge is 2.17. The first-order valence-corrected chi connectivity index (χ1v) is 11.5. The van der Waals surface area contributed by atoms with Gasteiger partial charge in [-0.1, -0.05) is 36.4 Å². The van der Waals surface area contributed by atoms with Gasteiger partial charge in [0, 0.05) is 42.8 Å². The number of rotatable bonds is 10. The molecule has 4 rings (SSSR count). The second kappa shape index (κ2) is 11.0. The van der Waals surface area contributed by atoms with Crippen LogP contribution in [0.2, 0.25) is 5.15 Å². The molecular formula is C25H26ClN7O2. The minimum atomic E-state index is -0.301. The number of nitrogens with zero attached hydrogens (tertiary/aromatic N) is 4. The van der Waals surface area contributed by atoms with Gasteiger partial charge in [-0.05, 0) is 43.3 Å². The molecule has 0 aliphatic carbocycles. The third kappa shape index (κ3) is 5.59. The number of carbonyl (C=O) groups is 1. The molecule has 0 saturated heterocycles. The van der Waals surface area contributed by atoms with Gasteiger partial charge in [-0.3, -0.25) is 9.89 Å². The zero-order chi connectivity index (χ0) is 24.8. The summed E-state index contributed by atoms with van der Waals surface area (Å²) < 4.78 is 5.23. The van der Waals surface area contributed by atoms with Gasteiger partial charge in [0.1, 0.15) is 5.15 Å². The van der Waals surface area contributed by atoms with E-state index in [1.54, 1.807) is 13.2 Å². The highest BCUT2D eigenvalue weighted by atomic mass is 35.5. The molecule has 2 heterocycles. The van der Waals surface area contributed by atoms with Crippen molar-refractivity contribution in [3.63, 3.8) is 0 Å². The first-order chi connectivity index (χ1) is 17.0. The average Bonchev–Trinajstić information content (AvgIpc) is 3.25. The first kappa shape index (κ1) is 24.2. The molecule has 0 aliphatic heterocycles. The normalized spacial score (nSPS) is 10.8. The van der Waals surface area contributed by atoms with Crippen LogP contribution in [0.3, 0.4) is 0 Å². The van der Waals surface area contributed by atoms with Crippen LogP contribution in [0.5, 0.6) is 0 Å². The Morgan fingerprint density at radius 2 is 2.00 bits per heavy atom. The van der Waals surface area contributed by atoms with Gasteiger partial charge in [-0.15, -0.1) is 0 Å². The number of hydrogen-bond donors (Lipinski definition) is 3. The Kier molecular flexibility index (Phi) is 7.59. The summed E-state index contributed by atoms with van der Waals surface area (Å²) in [5, 5.41) is 14.0. The van der Waals surface area contributed by atoms with E-state index in [-0.39, 0.29) is 5.91 Å². The fraction of sp³-hybridized carbons (Fsp3) is 0.200. The molecule has 0 radical (unpaired) electrons. The summed E-state index contributed by atoms with van der Waals surface area (Å²) in [5.41, 5.74) is 4.25. The quantitative estimate of drug-likeness (QED) is 0.267. The Bertz CT molecular complexity index is 1350. The number of likely N-dealkylation sites (N-methyl/N-ethyl adjacent to an activating group) is 1. The molecule has 4 aromatic rings. The SMILES string of the molecule is C=CC(=O)Nc1cccc(-c2nc(Nc3cccc(N(CC)CCOC)c3)nc3n[nH]c(Cl)c23)c1. The minimum Gasteiger partial charge on any atom is -0.383 e. The summed E-state index contributed by atoms with van der Waals surface area (Å²) in [5.74, 6) is 0.0680. The molecule has 2 aromatic carbocycles. The van der Waals surface area contributed by atoms with Crippen LogP contribution in [0.15, 0.2) is 61.2 Å². The first-order valence-electron chi connectivity index (χ1n) is 11.1. The van der Waals surface area contributed by atoms with Crippen molar-refractivity contribution in [2.75, 3.05) is 42.3 Å². The van der Waals surface area contributed by atoms with E-state index < -0.39 is 0 Å². The molecule has 9 nitrogen and oxygen atoms in total. The lowest BCUT2D eigenvalue weighted by Gasteiger charge is -2.23. The van der Waals surface area contributed by atoms with E-state index in [0.29, 0.717) is 40.1 Å². The summed E-state index contributed by atoms with van der Waals surface area (Å²) in [7, 11) is 1.70. The number of aromatic nitrogens is 4. The second-order valence-corrected chi connectivity index (χ2v) is 8.03. The van der Waals surface area contributed by atoms with Crippen LogP contribution >= 0.6 is 11.6 Å². The Morgan fingerprint density at radius 3 is 2.77 bits per heavy atom. The largest absolute Gasteiger partial charge is 0.383 e. The second-order valence-electron chi connectivity index (χ2n) is 7.65. The summed E-state index contributed by atoms with van der Waals surface area (Å²) in [6.45, 7) is 7.87. The molecule has 3 N–H and O–H groups in total. The number of fused-ring (bicyclic) bond motifs is 1. The lowest BCUT2D eigenvalue weighted by atomic mass is 10.1. The molecule has 1 amide bonds. The monoisotopic (exact) mass is 491 g/mol. The number of hydrogen-bond acceptors (Lipinski definition) is 7. The average molecular weight is 492 g/mol. The molecule has 0 aliphatic rings. The predicted octanol–water partition coefficient (Wildman–Crippen LogP) is 5.01. The van der Waals surface area contributed by atoms with Crippen LogP contribution in [-0.2, 0) is 9.53 Å². The number of methoxy groups -OCH3 is 1. The molecule has 0 atom stereocenters. The van der Waals surface area contributed by atoms with Crippen molar-refractivity contribution in [2.24, 2.45) is 0 Å². The zero-order valence-electron chi connectivity index (χ0n) is 19.5. The van der Waals surface area contributed by atoms with Crippen molar-refractivity contribution < 1.29 is 9.53 Å². The van der Waals surface area contributed by atoms with Crippen molar-refractivity contribution in [2.45, 2.75) is 6.92 Å². The van der Waals surface area contributed by atoms with Gasteiger partial charge < -0.3 is 20.3 Å². The number of aromatic amines is 1. The van der Waals surface area contributed by atoms with Crippen molar-refractivity contribution in [1.29, 1.82) is 0 Å². The molecule has 180 valence electrons. The van der Waals surface area contributed by atoms with Crippen LogP contribution in [0.25, 0.3) is 22.3 Å². The van der Waals surface area contributed by atoms with Crippen LogP contribution in [0, 0.1) is 0 Å². The summed E-state index contributed by atoms with van der Waals surface area (Å²) in [6, 6.07) is 15.3. The number of nitrogens with one attached hydrogen (secondary N) is 3. The topological polar surface area (TPSA) is 108 Å². The van der Waals surface area contributed by atoms with Gasteiger partial charge in [0.15, 0.2) is 5.65 Å². The van der Waals surface area contributed by atoms with Gasteiger partial charge in [-0.2, -0.15) is 10.1 Å². The highest BCUT2D eigenvalue weighted by molar-refractivity contribution is 6.35. The molecule has 0 spiro atoms. The number of anilines is 4. The molecule has 0 saturated carbocycles. The number of benzene rings is 2. The van der Waals surface area contributed by atoms with Crippen molar-refractivity contribution in [1.82, 2.24) is 20.2 Å². The number of amides is 1. The minimum absolute atomic E-state index is 0.301. The van der Waals surface area contributed by atoms with E-state index in [1.807, 2.05) is 36.4 Å². The van der Waals surface area contributed by atoms with Crippen molar-refractivity contribution in [3.8, 4) is 11.3 Å². The molecule has 2 aromatic heterocycles. The predicted molar refractivity (Wildman–Crippen MR) is 140 cm³/mol. The third-order valence-electron chi connectivity index (χ3n) is 5.37. The molecule has 10 heteroatoms. The fourth-order valence-electron chi connectivity index (χ4n) is 3.67. The Hall–Kier alpha value is -3.95. The van der Waals surface area contributed by atoms with E-state index in [0.717, 1.165) is 30.0 Å². The van der Waals surface area contributed by atoms with E-state index in [2.05, 4.69) is 50.3 Å². The van der Waals surface area contributed by atoms with E-state index in [9.17, 15) is 4.79 Å². The molecule has 0 unspecified atom stereocenters. The smallest absolute Gasteiger partial charge is 0.247 e. The molecule has 0 fully saturated rings. The van der Waals surface area contributed by atoms with E-state index in [4.69, 9.17) is 21.3 Å². The van der Waals surface area contributed by atoms with E-state index in [1.165, 1.54) is 6.08 Å². The van der Waals surface area contributed by atoms with Gasteiger partial charge in [0.2, 0.25) is 11.9 Å². The Balaban J connectivity index is 1.70. The van der Waals surface area contributed by atoms with Gasteiger partial charge in [0.25, 0.3) is 0 Å². The number of carbonyl (C=O) groups excluding carboxylic acids is 1. The van der Waals surface area contributed by atoms with E-state index >= 15 is 0 Å². The molecule has 0 bridgehead atoms. The number of H-pyrrole nitrogens is 1. The maximum atomic E-state index is 11.8. The fourth-order valence-corrected chi connectivity index (χ4v) is 3.89. The summed E-state index contributed by atoms with van der Waals surface area (Å²) >= 11 is 6.38. The summed E-state index contributed by atoms with van der Waals surface area (Å²) in [4.78, 5) is 23.3. The van der Waals surface area contributed by atoms with Crippen LogP contribution in [-0.4, -0.2) is 52.9 Å². The van der Waals surface area contributed by atoms with Crippen LogP contribution in [0.4, 0.5) is 23.0 Å². The lowest BCUT2D eigenvalue weighted by molar-refractivity contribution is -0.111. The lowest BCUT2D eigenvalue weighted by Crippen LogP contribution is -2.26.